The maximum Gasteiger partial charge on any atom is 0.133 e. The van der Waals surface area contributed by atoms with Crippen molar-refractivity contribution < 1.29 is 0 Å². The smallest absolute Gasteiger partial charge is 0.133 e. The lowest BCUT2D eigenvalue weighted by molar-refractivity contribution is 1.13. The van der Waals surface area contributed by atoms with Crippen molar-refractivity contribution in [1.82, 2.24) is 9.97 Å². The molecule has 0 unspecified atom stereocenters. The zero-order chi connectivity index (χ0) is 13.9. The maximum atomic E-state index is 6.23. The van der Waals surface area contributed by atoms with E-state index in [4.69, 9.17) is 23.2 Å². The molecule has 0 bridgehead atoms. The predicted molar refractivity (Wildman–Crippen MR) is 85.6 cm³/mol. The van der Waals surface area contributed by atoms with Gasteiger partial charge < -0.3 is 0 Å². The largest absolute Gasteiger partial charge is 0.248 e. The number of nitrogens with zero attached hydrogens (tertiary/aromatic N) is 2. The van der Waals surface area contributed by atoms with Crippen LogP contribution >= 0.6 is 35.0 Å². The fraction of sp³-hybridized carbons (Fsp3) is 0.0667. The molecule has 0 atom stereocenters. The first-order chi connectivity index (χ1) is 9.72. The minimum atomic E-state index is 0.546. The van der Waals surface area contributed by atoms with Gasteiger partial charge >= 0.3 is 0 Å². The van der Waals surface area contributed by atoms with Crippen LogP contribution < -0.4 is 0 Å². The van der Waals surface area contributed by atoms with E-state index < -0.39 is 0 Å². The summed E-state index contributed by atoms with van der Waals surface area (Å²) in [5.74, 6) is 0.727. The Labute approximate surface area is 131 Å². The summed E-state index contributed by atoms with van der Waals surface area (Å²) in [7, 11) is 0. The van der Waals surface area contributed by atoms with Crippen molar-refractivity contribution in [3.05, 3.63) is 64.4 Å². The second-order valence-electron chi connectivity index (χ2n) is 4.23. The lowest BCUT2D eigenvalue weighted by atomic mass is 10.2. The van der Waals surface area contributed by atoms with Crippen LogP contribution in [0.3, 0.4) is 0 Å². The number of thioether (sulfide) groups is 1. The van der Waals surface area contributed by atoms with Crippen molar-refractivity contribution in [2.45, 2.75) is 10.8 Å². The number of rotatable bonds is 3. The first kappa shape index (κ1) is 13.7. The van der Waals surface area contributed by atoms with Crippen LogP contribution in [-0.2, 0) is 5.75 Å². The second-order valence-corrected chi connectivity index (χ2v) is 6.02. The molecule has 5 heteroatoms. The van der Waals surface area contributed by atoms with Gasteiger partial charge in [-0.1, -0.05) is 41.4 Å². The lowest BCUT2D eigenvalue weighted by Gasteiger charge is -2.06. The van der Waals surface area contributed by atoms with E-state index in [0.717, 1.165) is 27.2 Å². The number of hydrogen-bond acceptors (Lipinski definition) is 3. The Morgan fingerprint density at radius 3 is 2.70 bits per heavy atom. The third-order valence-corrected chi connectivity index (χ3v) is 4.37. The van der Waals surface area contributed by atoms with Gasteiger partial charge in [0.05, 0.1) is 15.6 Å². The van der Waals surface area contributed by atoms with Gasteiger partial charge in [0.25, 0.3) is 0 Å². The van der Waals surface area contributed by atoms with E-state index in [1.165, 1.54) is 0 Å². The monoisotopic (exact) mass is 320 g/mol. The average molecular weight is 321 g/mol. The molecule has 20 heavy (non-hydrogen) atoms. The lowest BCUT2D eigenvalue weighted by Crippen LogP contribution is -1.89. The molecule has 3 aromatic rings. The Balaban J connectivity index is 1.83. The molecule has 0 aliphatic rings. The zero-order valence-electron chi connectivity index (χ0n) is 10.4. The van der Waals surface area contributed by atoms with Crippen LogP contribution in [-0.4, -0.2) is 9.97 Å². The quantitative estimate of drug-likeness (QED) is 0.488. The van der Waals surface area contributed by atoms with Gasteiger partial charge in [-0.15, -0.1) is 11.8 Å². The molecule has 2 heterocycles. The maximum absolute atomic E-state index is 6.23. The molecule has 1 aromatic carbocycles. The highest BCUT2D eigenvalue weighted by molar-refractivity contribution is 7.98. The highest BCUT2D eigenvalue weighted by Gasteiger charge is 2.06. The van der Waals surface area contributed by atoms with Gasteiger partial charge in [0.1, 0.15) is 5.15 Å². The van der Waals surface area contributed by atoms with Gasteiger partial charge in [0.15, 0.2) is 0 Å². The van der Waals surface area contributed by atoms with Gasteiger partial charge in [-0.3, -0.25) is 0 Å². The van der Waals surface area contributed by atoms with Crippen LogP contribution in [0.4, 0.5) is 0 Å². The molecule has 0 fully saturated rings. The Kier molecular flexibility index (Phi) is 4.10. The van der Waals surface area contributed by atoms with Gasteiger partial charge in [0.2, 0.25) is 0 Å². The molecule has 0 saturated carbocycles. The zero-order valence-corrected chi connectivity index (χ0v) is 12.7. The van der Waals surface area contributed by atoms with E-state index >= 15 is 0 Å². The fourth-order valence-electron chi connectivity index (χ4n) is 1.84. The van der Waals surface area contributed by atoms with Crippen molar-refractivity contribution in [2.24, 2.45) is 0 Å². The number of fused-ring (bicyclic) bond motifs is 1. The van der Waals surface area contributed by atoms with Crippen LogP contribution in [0.25, 0.3) is 10.9 Å². The van der Waals surface area contributed by atoms with E-state index in [1.807, 2.05) is 36.4 Å². The molecule has 2 nitrogen and oxygen atoms in total. The van der Waals surface area contributed by atoms with Gasteiger partial charge in [-0.25, -0.2) is 9.97 Å². The minimum absolute atomic E-state index is 0.546. The normalized spacial score (nSPS) is 10.9. The van der Waals surface area contributed by atoms with Gasteiger partial charge in [0, 0.05) is 22.9 Å². The molecule has 0 saturated heterocycles. The van der Waals surface area contributed by atoms with Crippen LogP contribution in [0.1, 0.15) is 5.56 Å². The summed E-state index contributed by atoms with van der Waals surface area (Å²) in [6, 6.07) is 13.7. The molecular formula is C15H10Cl2N2S. The average Bonchev–Trinajstić information content (AvgIpc) is 2.47. The fourth-order valence-corrected chi connectivity index (χ4v) is 3.06. The summed E-state index contributed by atoms with van der Waals surface area (Å²) < 4.78 is 0. The number of para-hydroxylation sites is 1. The molecule has 0 spiro atoms. The number of benzene rings is 1. The Bertz CT molecular complexity index is 744. The van der Waals surface area contributed by atoms with E-state index in [1.54, 1.807) is 18.0 Å². The highest BCUT2D eigenvalue weighted by atomic mass is 35.5. The third kappa shape index (κ3) is 3.06. The van der Waals surface area contributed by atoms with Gasteiger partial charge in [-0.2, -0.15) is 0 Å². The molecule has 2 aromatic heterocycles. The van der Waals surface area contributed by atoms with Crippen LogP contribution in [0.15, 0.2) is 53.7 Å². The highest BCUT2D eigenvalue weighted by Crippen LogP contribution is 2.27. The molecule has 0 radical (unpaired) electrons. The van der Waals surface area contributed by atoms with E-state index in [-0.39, 0.29) is 0 Å². The van der Waals surface area contributed by atoms with E-state index in [9.17, 15) is 0 Å². The summed E-state index contributed by atoms with van der Waals surface area (Å²) in [5, 5.41) is 3.19. The molecular weight excluding hydrogens is 311 g/mol. The van der Waals surface area contributed by atoms with E-state index in [0.29, 0.717) is 10.2 Å². The van der Waals surface area contributed by atoms with E-state index in [2.05, 4.69) is 16.0 Å². The molecule has 0 aliphatic heterocycles. The first-order valence-electron chi connectivity index (χ1n) is 6.01. The predicted octanol–water partition coefficient (Wildman–Crippen LogP) is 5.23. The van der Waals surface area contributed by atoms with Crippen molar-refractivity contribution >= 4 is 45.9 Å². The summed E-state index contributed by atoms with van der Waals surface area (Å²) in [6.45, 7) is 0. The third-order valence-electron chi connectivity index (χ3n) is 2.83. The standard InChI is InChI=1S/C15H10Cl2N2S/c16-12-5-6-14(18-8-12)20-9-11-7-10-3-1-2-4-13(10)19-15(11)17/h1-8H,9H2. The summed E-state index contributed by atoms with van der Waals surface area (Å²) in [4.78, 5) is 8.67. The van der Waals surface area contributed by atoms with Crippen molar-refractivity contribution in [3.8, 4) is 0 Å². The number of aromatic nitrogens is 2. The molecule has 0 aliphatic carbocycles. The van der Waals surface area contributed by atoms with Gasteiger partial charge in [-0.05, 0) is 24.3 Å². The number of hydrogen-bond donors (Lipinski definition) is 0. The van der Waals surface area contributed by atoms with Crippen LogP contribution in [0.5, 0.6) is 0 Å². The van der Waals surface area contributed by atoms with Crippen molar-refractivity contribution in [1.29, 1.82) is 0 Å². The molecule has 0 N–H and O–H groups in total. The first-order valence-corrected chi connectivity index (χ1v) is 7.75. The number of halogens is 2. The Hall–Kier alpha value is -1.29. The number of pyridine rings is 2. The Morgan fingerprint density at radius 2 is 1.90 bits per heavy atom. The van der Waals surface area contributed by atoms with Crippen LogP contribution in [0.2, 0.25) is 10.2 Å². The second kappa shape index (κ2) is 6.00. The summed E-state index contributed by atoms with van der Waals surface area (Å²) in [5.41, 5.74) is 1.92. The summed E-state index contributed by atoms with van der Waals surface area (Å²) >= 11 is 13.7. The SMILES string of the molecule is Clc1ccc(SCc2cc3ccccc3nc2Cl)nc1. The molecule has 0 amide bonds. The molecule has 3 rings (SSSR count). The Morgan fingerprint density at radius 1 is 1.05 bits per heavy atom. The van der Waals surface area contributed by atoms with Crippen LogP contribution in [0, 0.1) is 0 Å². The summed E-state index contributed by atoms with van der Waals surface area (Å²) in [6.07, 6.45) is 1.64. The molecule has 100 valence electrons. The topological polar surface area (TPSA) is 25.8 Å². The minimum Gasteiger partial charge on any atom is -0.248 e. The van der Waals surface area contributed by atoms with Crippen molar-refractivity contribution in [3.63, 3.8) is 0 Å². The van der Waals surface area contributed by atoms with Crippen molar-refractivity contribution in [2.75, 3.05) is 0 Å².